The molecule has 0 spiro atoms. The highest BCUT2D eigenvalue weighted by molar-refractivity contribution is 6.46. The molecule has 32 heavy (non-hydrogen) atoms. The van der Waals surface area contributed by atoms with Crippen LogP contribution >= 0.6 is 11.6 Å². The van der Waals surface area contributed by atoms with Crippen molar-refractivity contribution in [2.24, 2.45) is 0 Å². The Bertz CT molecular complexity index is 1240. The molecule has 1 aliphatic rings. The lowest BCUT2D eigenvalue weighted by Crippen LogP contribution is -2.32. The van der Waals surface area contributed by atoms with Crippen LogP contribution in [0.3, 0.4) is 0 Å². The Morgan fingerprint density at radius 3 is 2.34 bits per heavy atom. The summed E-state index contributed by atoms with van der Waals surface area (Å²) >= 11 is 6.13. The van der Waals surface area contributed by atoms with E-state index in [0.29, 0.717) is 27.8 Å². The number of hydrogen-bond donors (Lipinski definition) is 1. The SMILES string of the molecule is COc1cccc(NC2=C(c3ccc(F)cc3)C(=O)N(c3cc(Cl)ccc3OC)C2=O)c1. The van der Waals surface area contributed by atoms with E-state index in [1.165, 1.54) is 44.6 Å². The first-order valence-corrected chi connectivity index (χ1v) is 9.94. The fourth-order valence-electron chi connectivity index (χ4n) is 3.43. The molecule has 3 aromatic carbocycles. The summed E-state index contributed by atoms with van der Waals surface area (Å²) in [4.78, 5) is 28.0. The van der Waals surface area contributed by atoms with Crippen LogP contribution in [-0.2, 0) is 9.59 Å². The normalized spacial score (nSPS) is 13.6. The van der Waals surface area contributed by atoms with Crippen molar-refractivity contribution in [2.45, 2.75) is 0 Å². The van der Waals surface area contributed by atoms with E-state index in [9.17, 15) is 14.0 Å². The van der Waals surface area contributed by atoms with Gasteiger partial charge in [-0.15, -0.1) is 0 Å². The Hall–Kier alpha value is -3.84. The largest absolute Gasteiger partial charge is 0.497 e. The number of benzene rings is 3. The quantitative estimate of drug-likeness (QED) is 0.539. The van der Waals surface area contributed by atoms with Gasteiger partial charge in [0.05, 0.1) is 25.5 Å². The lowest BCUT2D eigenvalue weighted by molar-refractivity contribution is -0.120. The number of halogens is 2. The molecule has 3 aromatic rings. The van der Waals surface area contributed by atoms with Gasteiger partial charge in [-0.2, -0.15) is 0 Å². The number of anilines is 2. The topological polar surface area (TPSA) is 67.9 Å². The predicted octanol–water partition coefficient (Wildman–Crippen LogP) is 4.89. The summed E-state index contributed by atoms with van der Waals surface area (Å²) in [7, 11) is 2.96. The van der Waals surface area contributed by atoms with E-state index in [1.807, 2.05) is 0 Å². The van der Waals surface area contributed by atoms with Crippen LogP contribution in [-0.4, -0.2) is 26.0 Å². The zero-order valence-electron chi connectivity index (χ0n) is 17.2. The van der Waals surface area contributed by atoms with Crippen LogP contribution in [0.4, 0.5) is 15.8 Å². The molecule has 0 saturated carbocycles. The molecule has 1 N–H and O–H groups in total. The molecule has 0 aliphatic carbocycles. The minimum absolute atomic E-state index is 0.0388. The van der Waals surface area contributed by atoms with Gasteiger partial charge >= 0.3 is 0 Å². The summed E-state index contributed by atoms with van der Waals surface area (Å²) in [6, 6.07) is 16.9. The molecule has 6 nitrogen and oxygen atoms in total. The molecule has 1 heterocycles. The third-order valence-electron chi connectivity index (χ3n) is 4.94. The van der Waals surface area contributed by atoms with E-state index in [2.05, 4.69) is 5.32 Å². The maximum Gasteiger partial charge on any atom is 0.282 e. The van der Waals surface area contributed by atoms with Crippen molar-refractivity contribution in [3.8, 4) is 11.5 Å². The van der Waals surface area contributed by atoms with Gasteiger partial charge < -0.3 is 14.8 Å². The fourth-order valence-corrected chi connectivity index (χ4v) is 3.60. The number of ether oxygens (including phenoxy) is 2. The second kappa shape index (κ2) is 8.72. The minimum atomic E-state index is -0.599. The molecule has 0 fully saturated rings. The fraction of sp³-hybridized carbons (Fsp3) is 0.0833. The minimum Gasteiger partial charge on any atom is -0.497 e. The van der Waals surface area contributed by atoms with E-state index >= 15 is 0 Å². The van der Waals surface area contributed by atoms with Crippen molar-refractivity contribution < 1.29 is 23.5 Å². The number of nitrogens with zero attached hydrogens (tertiary/aromatic N) is 1. The Morgan fingerprint density at radius 2 is 1.66 bits per heavy atom. The van der Waals surface area contributed by atoms with E-state index in [4.69, 9.17) is 21.1 Å². The van der Waals surface area contributed by atoms with E-state index in [0.717, 1.165) is 4.90 Å². The van der Waals surface area contributed by atoms with Crippen LogP contribution in [0.2, 0.25) is 5.02 Å². The number of methoxy groups -OCH3 is 2. The van der Waals surface area contributed by atoms with Gasteiger partial charge in [0, 0.05) is 16.8 Å². The van der Waals surface area contributed by atoms with Crippen LogP contribution in [0.15, 0.2) is 72.4 Å². The molecule has 1 aliphatic heterocycles. The van der Waals surface area contributed by atoms with Gasteiger partial charge in [-0.25, -0.2) is 9.29 Å². The molecule has 4 rings (SSSR count). The summed E-state index contributed by atoms with van der Waals surface area (Å²) in [5, 5.41) is 3.36. The Balaban J connectivity index is 1.85. The van der Waals surface area contributed by atoms with Gasteiger partial charge in [-0.05, 0) is 48.0 Å². The Labute approximate surface area is 188 Å². The van der Waals surface area contributed by atoms with Crippen LogP contribution < -0.4 is 19.7 Å². The third kappa shape index (κ3) is 3.90. The number of nitrogens with one attached hydrogen (secondary N) is 1. The van der Waals surface area contributed by atoms with Crippen molar-refractivity contribution in [1.29, 1.82) is 0 Å². The van der Waals surface area contributed by atoms with Crippen molar-refractivity contribution >= 4 is 40.4 Å². The standard InChI is InChI=1S/C24H18ClFN2O4/c1-31-18-5-3-4-17(13-18)27-22-21(14-6-9-16(26)10-7-14)23(29)28(24(22)30)19-12-15(25)8-11-20(19)32-2/h3-13,27H,1-2H3. The number of hydrogen-bond acceptors (Lipinski definition) is 5. The molecule has 0 atom stereocenters. The lowest BCUT2D eigenvalue weighted by atomic mass is 10.0. The van der Waals surface area contributed by atoms with E-state index in [-0.39, 0.29) is 17.0 Å². The second-order valence-corrected chi connectivity index (χ2v) is 7.31. The van der Waals surface area contributed by atoms with Crippen LogP contribution in [0, 0.1) is 5.82 Å². The maximum absolute atomic E-state index is 13.5. The van der Waals surface area contributed by atoms with Crippen molar-refractivity contribution in [3.05, 3.63) is 88.8 Å². The number of carbonyl (C=O) groups excluding carboxylic acids is 2. The first-order valence-electron chi connectivity index (χ1n) is 9.56. The molecule has 0 radical (unpaired) electrons. The smallest absolute Gasteiger partial charge is 0.282 e. The van der Waals surface area contributed by atoms with Crippen molar-refractivity contribution in [3.63, 3.8) is 0 Å². The molecular weight excluding hydrogens is 435 g/mol. The summed E-state index contributed by atoms with van der Waals surface area (Å²) in [5.41, 5.74) is 1.27. The molecule has 0 unspecified atom stereocenters. The zero-order valence-corrected chi connectivity index (χ0v) is 17.9. The molecular formula is C24H18ClFN2O4. The maximum atomic E-state index is 13.5. The Kier molecular flexibility index (Phi) is 5.83. The third-order valence-corrected chi connectivity index (χ3v) is 5.17. The second-order valence-electron chi connectivity index (χ2n) is 6.88. The number of imide groups is 1. The predicted molar refractivity (Wildman–Crippen MR) is 120 cm³/mol. The van der Waals surface area contributed by atoms with Crippen molar-refractivity contribution in [1.82, 2.24) is 0 Å². The highest BCUT2D eigenvalue weighted by Crippen LogP contribution is 2.39. The van der Waals surface area contributed by atoms with Gasteiger partial charge in [0.15, 0.2) is 0 Å². The highest BCUT2D eigenvalue weighted by Gasteiger charge is 2.41. The first-order chi connectivity index (χ1) is 15.4. The zero-order chi connectivity index (χ0) is 22.8. The average Bonchev–Trinajstić information content (AvgIpc) is 3.03. The van der Waals surface area contributed by atoms with E-state index in [1.54, 1.807) is 36.4 Å². The summed E-state index contributed by atoms with van der Waals surface area (Å²) in [5.74, 6) is -0.770. The van der Waals surface area contributed by atoms with Gasteiger partial charge in [0.25, 0.3) is 11.8 Å². The summed E-state index contributed by atoms with van der Waals surface area (Å²) in [6.45, 7) is 0. The van der Waals surface area contributed by atoms with Crippen LogP contribution in [0.5, 0.6) is 11.5 Å². The molecule has 8 heteroatoms. The molecule has 0 saturated heterocycles. The van der Waals surface area contributed by atoms with Crippen LogP contribution in [0.25, 0.3) is 5.57 Å². The summed E-state index contributed by atoms with van der Waals surface area (Å²) < 4.78 is 24.1. The van der Waals surface area contributed by atoms with Gasteiger partial charge in [0.1, 0.15) is 23.0 Å². The van der Waals surface area contributed by atoms with Gasteiger partial charge in [-0.1, -0.05) is 29.8 Å². The number of rotatable bonds is 6. The summed E-state index contributed by atoms with van der Waals surface area (Å²) in [6.07, 6.45) is 0. The van der Waals surface area contributed by atoms with Gasteiger partial charge in [0.2, 0.25) is 0 Å². The lowest BCUT2D eigenvalue weighted by Gasteiger charge is -2.18. The molecule has 2 amide bonds. The van der Waals surface area contributed by atoms with Crippen LogP contribution in [0.1, 0.15) is 5.56 Å². The van der Waals surface area contributed by atoms with Crippen molar-refractivity contribution in [2.75, 3.05) is 24.4 Å². The number of amides is 2. The Morgan fingerprint density at radius 1 is 0.906 bits per heavy atom. The highest BCUT2D eigenvalue weighted by atomic mass is 35.5. The van der Waals surface area contributed by atoms with E-state index < -0.39 is 17.6 Å². The van der Waals surface area contributed by atoms with Gasteiger partial charge in [-0.3, -0.25) is 9.59 Å². The monoisotopic (exact) mass is 452 g/mol. The average molecular weight is 453 g/mol. The first kappa shape index (κ1) is 21.4. The molecule has 0 bridgehead atoms. The molecule has 0 aromatic heterocycles. The number of carbonyl (C=O) groups is 2. The molecule has 162 valence electrons.